The fourth-order valence-electron chi connectivity index (χ4n) is 2.46. The second-order valence-corrected chi connectivity index (χ2v) is 5.63. The molecule has 2 aromatic carbocycles. The van der Waals surface area contributed by atoms with Crippen molar-refractivity contribution in [2.75, 3.05) is 13.4 Å². The molecule has 0 atom stereocenters. The molecule has 0 fully saturated rings. The average molecular weight is 371 g/mol. The average Bonchev–Trinajstić information content (AvgIpc) is 3.34. The van der Waals surface area contributed by atoms with Gasteiger partial charge in [0, 0.05) is 11.6 Å². The number of fused-ring (bicyclic) bond motifs is 1. The van der Waals surface area contributed by atoms with Crippen LogP contribution in [0.1, 0.15) is 5.69 Å². The standard InChI is InChI=1S/C19H14FNO6/c20-14-3-1-2-4-15(14)23-10-19(22)24-9-13-8-17(27-21-13)12-5-6-16-18(7-12)26-11-25-16/h1-8H,9-11H2. The van der Waals surface area contributed by atoms with E-state index in [1.807, 2.05) is 6.07 Å². The number of hydrogen-bond acceptors (Lipinski definition) is 7. The maximum Gasteiger partial charge on any atom is 0.344 e. The molecule has 0 N–H and O–H groups in total. The summed E-state index contributed by atoms with van der Waals surface area (Å²) in [6.45, 7) is -0.313. The molecule has 1 aliphatic rings. The normalized spacial score (nSPS) is 12.0. The van der Waals surface area contributed by atoms with Crippen molar-refractivity contribution >= 4 is 5.97 Å². The molecular formula is C19H14FNO6. The molecule has 1 aromatic heterocycles. The molecule has 1 aliphatic heterocycles. The number of rotatable bonds is 6. The first kappa shape index (κ1) is 16.9. The molecule has 0 amide bonds. The highest BCUT2D eigenvalue weighted by Gasteiger charge is 2.16. The fraction of sp³-hybridized carbons (Fsp3) is 0.158. The molecule has 0 spiro atoms. The SMILES string of the molecule is O=C(COc1ccccc1F)OCc1cc(-c2ccc3c(c2)OCO3)on1. The van der Waals surface area contributed by atoms with Crippen molar-refractivity contribution in [3.8, 4) is 28.6 Å². The number of esters is 1. The van der Waals surface area contributed by atoms with Crippen LogP contribution in [0.5, 0.6) is 17.2 Å². The van der Waals surface area contributed by atoms with E-state index < -0.39 is 18.4 Å². The molecule has 4 rings (SSSR count). The van der Waals surface area contributed by atoms with Crippen molar-refractivity contribution in [3.05, 3.63) is 60.0 Å². The Kier molecular flexibility index (Phi) is 4.61. The molecule has 0 saturated heterocycles. The Bertz CT molecular complexity index is 970. The number of carbonyl (C=O) groups is 1. The van der Waals surface area contributed by atoms with Crippen LogP contribution in [0.15, 0.2) is 53.1 Å². The molecule has 0 radical (unpaired) electrons. The van der Waals surface area contributed by atoms with Gasteiger partial charge in [0.15, 0.2) is 35.4 Å². The van der Waals surface area contributed by atoms with E-state index in [-0.39, 0.29) is 19.1 Å². The van der Waals surface area contributed by atoms with Gasteiger partial charge in [0.05, 0.1) is 0 Å². The van der Waals surface area contributed by atoms with Crippen LogP contribution >= 0.6 is 0 Å². The maximum atomic E-state index is 13.4. The smallest absolute Gasteiger partial charge is 0.344 e. The van der Waals surface area contributed by atoms with Gasteiger partial charge in [-0.15, -0.1) is 0 Å². The number of halogens is 1. The van der Waals surface area contributed by atoms with Crippen molar-refractivity contribution in [3.63, 3.8) is 0 Å². The molecule has 2 heterocycles. The van der Waals surface area contributed by atoms with Gasteiger partial charge >= 0.3 is 5.97 Å². The zero-order valence-electron chi connectivity index (χ0n) is 14.0. The van der Waals surface area contributed by atoms with Gasteiger partial charge in [-0.1, -0.05) is 17.3 Å². The number of aromatic nitrogens is 1. The number of carbonyl (C=O) groups excluding carboxylic acids is 1. The molecule has 138 valence electrons. The minimum absolute atomic E-state index is 0.0130. The zero-order valence-corrected chi connectivity index (χ0v) is 14.0. The molecule has 0 aliphatic carbocycles. The van der Waals surface area contributed by atoms with Crippen LogP contribution in [0.2, 0.25) is 0 Å². The number of benzene rings is 2. The lowest BCUT2D eigenvalue weighted by Gasteiger charge is -2.06. The molecule has 0 bridgehead atoms. The molecule has 3 aromatic rings. The predicted octanol–water partition coefficient (Wildman–Crippen LogP) is 3.33. The lowest BCUT2D eigenvalue weighted by Crippen LogP contribution is -2.15. The lowest BCUT2D eigenvalue weighted by atomic mass is 10.1. The third kappa shape index (κ3) is 3.84. The minimum Gasteiger partial charge on any atom is -0.479 e. The van der Waals surface area contributed by atoms with Crippen LogP contribution in [0.4, 0.5) is 4.39 Å². The number of ether oxygens (including phenoxy) is 4. The van der Waals surface area contributed by atoms with E-state index in [0.29, 0.717) is 23.0 Å². The predicted molar refractivity (Wildman–Crippen MR) is 89.8 cm³/mol. The highest BCUT2D eigenvalue weighted by atomic mass is 19.1. The van der Waals surface area contributed by atoms with Crippen LogP contribution in [0.3, 0.4) is 0 Å². The van der Waals surface area contributed by atoms with Gasteiger partial charge in [0.25, 0.3) is 0 Å². The first-order valence-corrected chi connectivity index (χ1v) is 8.07. The van der Waals surface area contributed by atoms with E-state index in [0.717, 1.165) is 5.56 Å². The second kappa shape index (κ2) is 7.36. The largest absolute Gasteiger partial charge is 0.479 e. The third-order valence-corrected chi connectivity index (χ3v) is 3.78. The number of hydrogen-bond donors (Lipinski definition) is 0. The van der Waals surface area contributed by atoms with Crippen molar-refractivity contribution in [2.45, 2.75) is 6.61 Å². The van der Waals surface area contributed by atoms with Crippen LogP contribution < -0.4 is 14.2 Å². The fourth-order valence-corrected chi connectivity index (χ4v) is 2.46. The van der Waals surface area contributed by atoms with Crippen LogP contribution in [-0.4, -0.2) is 24.5 Å². The quantitative estimate of drug-likeness (QED) is 0.615. The van der Waals surface area contributed by atoms with Crippen molar-refractivity contribution in [2.24, 2.45) is 0 Å². The van der Waals surface area contributed by atoms with Crippen molar-refractivity contribution in [1.82, 2.24) is 5.16 Å². The van der Waals surface area contributed by atoms with Crippen molar-refractivity contribution < 1.29 is 32.7 Å². The summed E-state index contributed by atoms with van der Waals surface area (Å²) in [6.07, 6.45) is 0. The minimum atomic E-state index is -0.647. The van der Waals surface area contributed by atoms with E-state index in [1.54, 1.807) is 24.3 Å². The van der Waals surface area contributed by atoms with Gasteiger partial charge in [0.1, 0.15) is 12.3 Å². The Hall–Kier alpha value is -3.55. The van der Waals surface area contributed by atoms with E-state index in [4.69, 9.17) is 23.5 Å². The Morgan fingerprint density at radius 2 is 1.96 bits per heavy atom. The van der Waals surface area contributed by atoms with Gasteiger partial charge < -0.3 is 23.5 Å². The first-order chi connectivity index (χ1) is 13.2. The Morgan fingerprint density at radius 1 is 1.11 bits per heavy atom. The summed E-state index contributed by atoms with van der Waals surface area (Å²) >= 11 is 0. The van der Waals surface area contributed by atoms with E-state index in [9.17, 15) is 9.18 Å². The molecule has 0 unspecified atom stereocenters. The van der Waals surface area contributed by atoms with Gasteiger partial charge in [0.2, 0.25) is 6.79 Å². The van der Waals surface area contributed by atoms with Crippen LogP contribution in [0.25, 0.3) is 11.3 Å². The van der Waals surface area contributed by atoms with Gasteiger partial charge in [-0.05, 0) is 30.3 Å². The zero-order chi connectivity index (χ0) is 18.6. The highest BCUT2D eigenvalue weighted by molar-refractivity contribution is 5.71. The summed E-state index contributed by atoms with van der Waals surface area (Å²) in [7, 11) is 0. The summed E-state index contributed by atoms with van der Waals surface area (Å²) in [4.78, 5) is 11.7. The molecule has 27 heavy (non-hydrogen) atoms. The van der Waals surface area contributed by atoms with Crippen molar-refractivity contribution in [1.29, 1.82) is 0 Å². The maximum absolute atomic E-state index is 13.4. The third-order valence-electron chi connectivity index (χ3n) is 3.78. The Labute approximate surface area is 153 Å². The summed E-state index contributed by atoms with van der Waals surface area (Å²) in [5, 5.41) is 3.87. The van der Waals surface area contributed by atoms with Gasteiger partial charge in [-0.2, -0.15) is 0 Å². The summed E-state index contributed by atoms with van der Waals surface area (Å²) < 4.78 is 39.4. The van der Waals surface area contributed by atoms with Crippen LogP contribution in [-0.2, 0) is 16.1 Å². The monoisotopic (exact) mass is 371 g/mol. The van der Waals surface area contributed by atoms with E-state index >= 15 is 0 Å². The summed E-state index contributed by atoms with van der Waals surface area (Å²) in [5.74, 6) is 0.591. The lowest BCUT2D eigenvalue weighted by molar-refractivity contribution is -0.147. The molecule has 8 heteroatoms. The molecule has 7 nitrogen and oxygen atoms in total. The highest BCUT2D eigenvalue weighted by Crippen LogP contribution is 2.36. The van der Waals surface area contributed by atoms with Crippen LogP contribution in [0, 0.1) is 5.82 Å². The van der Waals surface area contributed by atoms with E-state index in [2.05, 4.69) is 5.16 Å². The summed E-state index contributed by atoms with van der Waals surface area (Å²) in [6, 6.07) is 12.8. The molecular weight excluding hydrogens is 357 g/mol. The number of para-hydroxylation sites is 1. The topological polar surface area (TPSA) is 80.0 Å². The first-order valence-electron chi connectivity index (χ1n) is 8.07. The molecule has 0 saturated carbocycles. The second-order valence-electron chi connectivity index (χ2n) is 5.63. The van der Waals surface area contributed by atoms with Gasteiger partial charge in [-0.25, -0.2) is 9.18 Å². The Morgan fingerprint density at radius 3 is 2.85 bits per heavy atom. The summed E-state index contributed by atoms with van der Waals surface area (Å²) in [5.41, 5.74) is 1.19. The van der Waals surface area contributed by atoms with E-state index in [1.165, 1.54) is 18.2 Å². The van der Waals surface area contributed by atoms with Gasteiger partial charge in [-0.3, -0.25) is 0 Å². The number of nitrogens with zero attached hydrogens (tertiary/aromatic N) is 1. The Balaban J connectivity index is 1.32.